The molecule has 0 aromatic heterocycles. The normalized spacial score (nSPS) is 12.0. The molecule has 3 heteroatoms. The first-order valence-corrected chi connectivity index (χ1v) is 3.05. The molecule has 54 valence electrons. The van der Waals surface area contributed by atoms with Gasteiger partial charge in [0.1, 0.15) is 0 Å². The van der Waals surface area contributed by atoms with Crippen LogP contribution in [0.1, 0.15) is 0 Å². The molecule has 0 amide bonds. The molecule has 0 unspecified atom stereocenters. The van der Waals surface area contributed by atoms with E-state index in [1.54, 1.807) is 7.05 Å². The second-order valence-electron chi connectivity index (χ2n) is 1.52. The zero-order valence-electron chi connectivity index (χ0n) is 5.67. The summed E-state index contributed by atoms with van der Waals surface area (Å²) in [5, 5.41) is -0.523. The highest BCUT2D eigenvalue weighted by Crippen LogP contribution is 1.96. The van der Waals surface area contributed by atoms with Crippen molar-refractivity contribution in [1.29, 1.82) is 0 Å². The first-order chi connectivity index (χ1) is 4.72. The molecule has 0 heterocycles. The molecule has 2 nitrogen and oxygen atoms in total. The van der Waals surface area contributed by atoms with Gasteiger partial charge in [-0.1, -0.05) is 12.7 Å². The Morgan fingerprint density at radius 3 is 2.60 bits per heavy atom. The number of nitrogens with zero attached hydrogens (tertiary/aromatic N) is 1. The van der Waals surface area contributed by atoms with Crippen LogP contribution in [-0.2, 0) is 4.79 Å². The molecule has 10 heavy (non-hydrogen) atoms. The van der Waals surface area contributed by atoms with Gasteiger partial charge in [-0.05, 0) is 17.7 Å². The molecule has 0 spiro atoms. The lowest BCUT2D eigenvalue weighted by Crippen LogP contribution is -1.93. The first kappa shape index (κ1) is 9.11. The van der Waals surface area contributed by atoms with E-state index in [0.29, 0.717) is 5.57 Å². The summed E-state index contributed by atoms with van der Waals surface area (Å²) >= 11 is 5.16. The van der Waals surface area contributed by atoms with E-state index in [1.165, 1.54) is 18.4 Å². The van der Waals surface area contributed by atoms with E-state index in [1.807, 2.05) is 0 Å². The molecular weight excluding hydrogens is 150 g/mol. The lowest BCUT2D eigenvalue weighted by atomic mass is 10.3. The summed E-state index contributed by atoms with van der Waals surface area (Å²) in [6.45, 7) is 3.42. The Balaban J connectivity index is 4.41. The smallest absolute Gasteiger partial charge is 0.253 e. The molecule has 0 aromatic rings. The molecule has 0 aliphatic rings. The van der Waals surface area contributed by atoms with Gasteiger partial charge in [0, 0.05) is 13.3 Å². The Kier molecular flexibility index (Phi) is 4.50. The van der Waals surface area contributed by atoms with Crippen molar-refractivity contribution in [1.82, 2.24) is 0 Å². The number of hydrogen-bond acceptors (Lipinski definition) is 2. The minimum atomic E-state index is -0.523. The molecule has 0 saturated carbocycles. The Morgan fingerprint density at radius 1 is 1.70 bits per heavy atom. The zero-order chi connectivity index (χ0) is 7.98. The lowest BCUT2D eigenvalue weighted by Gasteiger charge is -1.87. The summed E-state index contributed by atoms with van der Waals surface area (Å²) < 4.78 is 0. The molecule has 0 bridgehead atoms. The summed E-state index contributed by atoms with van der Waals surface area (Å²) in [7, 11) is 1.57. The fraction of sp³-hybridized carbons (Fsp3) is 0.143. The van der Waals surface area contributed by atoms with Gasteiger partial charge < -0.3 is 0 Å². The van der Waals surface area contributed by atoms with Crippen LogP contribution in [-0.4, -0.2) is 18.5 Å². The molecule has 0 fully saturated rings. The van der Waals surface area contributed by atoms with Crippen molar-refractivity contribution in [2.24, 2.45) is 4.99 Å². The van der Waals surface area contributed by atoms with Gasteiger partial charge in [0.05, 0.1) is 5.57 Å². The number of allylic oxidation sites excluding steroid dienone is 3. The number of hydrogen-bond donors (Lipinski definition) is 0. The Morgan fingerprint density at radius 2 is 2.30 bits per heavy atom. The van der Waals surface area contributed by atoms with Crippen LogP contribution in [0.15, 0.2) is 29.3 Å². The van der Waals surface area contributed by atoms with E-state index in [9.17, 15) is 4.79 Å². The predicted octanol–water partition coefficient (Wildman–Crippen LogP) is 1.56. The molecule has 0 N–H and O–H groups in total. The quantitative estimate of drug-likeness (QED) is 0.265. The van der Waals surface area contributed by atoms with Crippen molar-refractivity contribution in [2.75, 3.05) is 7.05 Å². The summed E-state index contributed by atoms with van der Waals surface area (Å²) in [4.78, 5) is 14.1. The number of carbonyl (C=O) groups excluding carboxylic acids is 1. The summed E-state index contributed by atoms with van der Waals surface area (Å²) in [6.07, 6.45) is 4.37. The largest absolute Gasteiger partial charge is 0.296 e. The van der Waals surface area contributed by atoms with Crippen molar-refractivity contribution >= 4 is 23.1 Å². The standard InChI is InChI=1S/C7H8ClNO/c1-3-4-6(5-9-2)7(8)10/h3-5H,1H2,2H3/b6-4+,9-5?. The monoisotopic (exact) mass is 157 g/mol. The van der Waals surface area contributed by atoms with Gasteiger partial charge in [-0.15, -0.1) is 0 Å². The van der Waals surface area contributed by atoms with Crippen molar-refractivity contribution in [3.8, 4) is 0 Å². The third kappa shape index (κ3) is 3.20. The van der Waals surface area contributed by atoms with Gasteiger partial charge in [-0.3, -0.25) is 9.79 Å². The first-order valence-electron chi connectivity index (χ1n) is 2.67. The van der Waals surface area contributed by atoms with E-state index in [4.69, 9.17) is 11.6 Å². The van der Waals surface area contributed by atoms with Crippen LogP contribution in [0.3, 0.4) is 0 Å². The van der Waals surface area contributed by atoms with Gasteiger partial charge in [0.15, 0.2) is 0 Å². The fourth-order valence-corrected chi connectivity index (χ4v) is 0.537. The lowest BCUT2D eigenvalue weighted by molar-refractivity contribution is -0.108. The molecular formula is C7H8ClNO. The van der Waals surface area contributed by atoms with E-state index in [0.717, 1.165) is 0 Å². The molecule has 0 atom stereocenters. The van der Waals surface area contributed by atoms with Gasteiger partial charge >= 0.3 is 0 Å². The van der Waals surface area contributed by atoms with Crippen molar-refractivity contribution < 1.29 is 4.79 Å². The van der Waals surface area contributed by atoms with Gasteiger partial charge in [0.2, 0.25) is 0 Å². The van der Waals surface area contributed by atoms with Crippen molar-refractivity contribution in [2.45, 2.75) is 0 Å². The summed E-state index contributed by atoms with van der Waals surface area (Å²) in [5.74, 6) is 0. The van der Waals surface area contributed by atoms with E-state index < -0.39 is 5.24 Å². The van der Waals surface area contributed by atoms with E-state index in [2.05, 4.69) is 11.6 Å². The van der Waals surface area contributed by atoms with Gasteiger partial charge in [0.25, 0.3) is 5.24 Å². The summed E-state index contributed by atoms with van der Waals surface area (Å²) in [5.41, 5.74) is 0.346. The maximum atomic E-state index is 10.5. The SMILES string of the molecule is C=C/C=C(\C=NC)C(=O)Cl. The predicted molar refractivity (Wildman–Crippen MR) is 43.6 cm³/mol. The summed E-state index contributed by atoms with van der Waals surface area (Å²) in [6, 6.07) is 0. The minimum absolute atomic E-state index is 0.346. The number of carbonyl (C=O) groups is 1. The Hall–Kier alpha value is -0.890. The third-order valence-electron chi connectivity index (χ3n) is 0.793. The minimum Gasteiger partial charge on any atom is -0.296 e. The van der Waals surface area contributed by atoms with E-state index in [-0.39, 0.29) is 0 Å². The number of rotatable bonds is 3. The highest BCUT2D eigenvalue weighted by Gasteiger charge is 1.98. The van der Waals surface area contributed by atoms with Crippen molar-refractivity contribution in [3.63, 3.8) is 0 Å². The van der Waals surface area contributed by atoms with Crippen LogP contribution in [0.4, 0.5) is 0 Å². The van der Waals surface area contributed by atoms with Crippen LogP contribution in [0.5, 0.6) is 0 Å². The van der Waals surface area contributed by atoms with Crippen LogP contribution in [0.25, 0.3) is 0 Å². The van der Waals surface area contributed by atoms with Crippen LogP contribution in [0.2, 0.25) is 0 Å². The van der Waals surface area contributed by atoms with Crippen molar-refractivity contribution in [3.05, 3.63) is 24.3 Å². The van der Waals surface area contributed by atoms with Crippen LogP contribution in [0, 0.1) is 0 Å². The maximum Gasteiger partial charge on any atom is 0.253 e. The molecule has 0 aliphatic carbocycles. The van der Waals surface area contributed by atoms with Gasteiger partial charge in [-0.25, -0.2) is 0 Å². The second kappa shape index (κ2) is 4.94. The number of aliphatic imine (C=N–C) groups is 1. The molecule has 0 rings (SSSR count). The zero-order valence-corrected chi connectivity index (χ0v) is 6.43. The maximum absolute atomic E-state index is 10.5. The van der Waals surface area contributed by atoms with Crippen LogP contribution >= 0.6 is 11.6 Å². The average molecular weight is 158 g/mol. The molecule has 0 radical (unpaired) electrons. The Labute approximate surface area is 64.9 Å². The third-order valence-corrected chi connectivity index (χ3v) is 1.01. The fourth-order valence-electron chi connectivity index (χ4n) is 0.425. The topological polar surface area (TPSA) is 29.4 Å². The molecule has 0 aromatic carbocycles. The van der Waals surface area contributed by atoms with Crippen LogP contribution < -0.4 is 0 Å². The highest BCUT2D eigenvalue weighted by atomic mass is 35.5. The van der Waals surface area contributed by atoms with E-state index >= 15 is 0 Å². The number of halogens is 1. The molecule has 0 aliphatic heterocycles. The second-order valence-corrected chi connectivity index (χ2v) is 1.86. The molecule has 0 saturated heterocycles. The highest BCUT2D eigenvalue weighted by molar-refractivity contribution is 6.70. The Bertz CT molecular complexity index is 194. The average Bonchev–Trinajstić information content (AvgIpc) is 1.87. The van der Waals surface area contributed by atoms with Gasteiger partial charge in [-0.2, -0.15) is 0 Å².